The molecule has 0 aromatic heterocycles. The predicted molar refractivity (Wildman–Crippen MR) is 190 cm³/mol. The van der Waals surface area contributed by atoms with Crippen LogP contribution >= 0.6 is 0 Å². The van der Waals surface area contributed by atoms with Gasteiger partial charge >= 0.3 is 23.1 Å². The maximum absolute atomic E-state index is 10.4. The summed E-state index contributed by atoms with van der Waals surface area (Å²) in [7, 11) is -9.25. The molecule has 0 rings (SSSR count). The quantitative estimate of drug-likeness (QED) is 0.0272. The van der Waals surface area contributed by atoms with Crippen molar-refractivity contribution < 1.29 is 43.8 Å². The molecule has 0 N–H and O–H groups in total. The van der Waals surface area contributed by atoms with Crippen molar-refractivity contribution in [2.45, 2.75) is 194 Å². The second-order valence-electron chi connectivity index (χ2n) is 12.6. The minimum Gasteiger partial charge on any atom is -0.726 e. The van der Waals surface area contributed by atoms with Gasteiger partial charge in [0.25, 0.3) is 0 Å². The molecule has 0 heterocycles. The van der Waals surface area contributed by atoms with Gasteiger partial charge in [-0.3, -0.25) is 8.37 Å². The molecule has 0 aliphatic heterocycles. The van der Waals surface area contributed by atoms with Crippen LogP contribution in [-0.2, 0) is 38.6 Å². The van der Waals surface area contributed by atoms with Gasteiger partial charge in [-0.2, -0.15) is 0 Å². The van der Waals surface area contributed by atoms with E-state index in [1.54, 1.807) is 0 Å². The number of hydrogen-bond donors (Lipinski definition) is 0. The van der Waals surface area contributed by atoms with Gasteiger partial charge < -0.3 is 18.6 Å². The van der Waals surface area contributed by atoms with Crippen LogP contribution < -0.4 is 0 Å². The molecule has 0 aliphatic carbocycles. The molecule has 0 aromatic rings. The largest absolute Gasteiger partial charge is 2.00 e. The summed E-state index contributed by atoms with van der Waals surface area (Å²) in [5, 5.41) is 0. The molecule has 0 amide bonds. The first-order valence-corrected chi connectivity index (χ1v) is 21.0. The van der Waals surface area contributed by atoms with E-state index in [1.165, 1.54) is 142 Å². The summed E-state index contributed by atoms with van der Waals surface area (Å²) in [5.41, 5.74) is 0. The maximum Gasteiger partial charge on any atom is 2.00 e. The van der Waals surface area contributed by atoms with Gasteiger partial charge in [0.1, 0.15) is 0 Å². The van der Waals surface area contributed by atoms with Crippen LogP contribution in [0.15, 0.2) is 0 Å². The minimum atomic E-state index is -4.62. The standard InChI is InChI=1S/2C17H36O5S.Mg/c2*1-3-4-5-6-7-8-9-10-11-12-13-14-15-21-16-17(2)22-23(18,19)20;/h2*17H,3-16H2,1-2H3,(H,18,19,20);/q;;+2/p-2. The molecule has 0 spiro atoms. The Kier molecular flexibility index (Phi) is 41.5. The summed E-state index contributed by atoms with van der Waals surface area (Å²) < 4.78 is 81.2. The van der Waals surface area contributed by atoms with Crippen LogP contribution in [0.1, 0.15) is 182 Å². The van der Waals surface area contributed by atoms with Crippen LogP contribution in [0, 0.1) is 0 Å². The van der Waals surface area contributed by atoms with Crippen molar-refractivity contribution in [3.63, 3.8) is 0 Å². The third-order valence-corrected chi connectivity index (χ3v) is 8.68. The molecule has 47 heavy (non-hydrogen) atoms. The first-order chi connectivity index (χ1) is 21.9. The SMILES string of the molecule is CCCCCCCCCCCCCCOCC(C)OS(=O)(=O)[O-].CCCCCCCCCCCCCCOCC(C)OS(=O)(=O)[O-].[Mg+2]. The smallest absolute Gasteiger partial charge is 0.726 e. The average Bonchev–Trinajstić information content (AvgIpc) is 2.96. The van der Waals surface area contributed by atoms with Gasteiger partial charge in [-0.05, 0) is 26.7 Å². The monoisotopic (exact) mass is 726 g/mol. The molecule has 2 unspecified atom stereocenters. The van der Waals surface area contributed by atoms with E-state index >= 15 is 0 Å². The Bertz CT molecular complexity index is 761. The molecule has 0 aliphatic rings. The fourth-order valence-corrected chi connectivity index (χ4v) is 5.96. The van der Waals surface area contributed by atoms with Gasteiger partial charge in [0, 0.05) is 13.2 Å². The molecule has 0 bridgehead atoms. The van der Waals surface area contributed by atoms with Gasteiger partial charge in [-0.1, -0.05) is 155 Å². The van der Waals surface area contributed by atoms with Crippen molar-refractivity contribution in [3.05, 3.63) is 0 Å². The normalized spacial score (nSPS) is 13.1. The molecule has 10 nitrogen and oxygen atoms in total. The Labute approximate surface area is 306 Å². The Hall–Kier alpha value is 0.426. The fourth-order valence-electron chi connectivity index (χ4n) is 5.05. The van der Waals surface area contributed by atoms with Crippen LogP contribution in [0.2, 0.25) is 0 Å². The van der Waals surface area contributed by atoms with Gasteiger partial charge in [0.15, 0.2) is 0 Å². The third kappa shape index (κ3) is 50.9. The molecule has 0 aromatic carbocycles. The van der Waals surface area contributed by atoms with Gasteiger partial charge in [0.2, 0.25) is 20.8 Å². The second kappa shape index (κ2) is 37.7. The predicted octanol–water partition coefficient (Wildman–Crippen LogP) is 8.76. The summed E-state index contributed by atoms with van der Waals surface area (Å²) in [4.78, 5) is 0. The summed E-state index contributed by atoms with van der Waals surface area (Å²) in [6, 6.07) is 0. The summed E-state index contributed by atoms with van der Waals surface area (Å²) >= 11 is 0. The number of rotatable bonds is 34. The fraction of sp³-hybridized carbons (Fsp3) is 1.00. The van der Waals surface area contributed by atoms with E-state index in [0.717, 1.165) is 25.7 Å². The maximum atomic E-state index is 10.4. The zero-order valence-electron chi connectivity index (χ0n) is 30.6. The molecule has 280 valence electrons. The van der Waals surface area contributed by atoms with E-state index in [0.29, 0.717) is 13.2 Å². The van der Waals surface area contributed by atoms with Gasteiger partial charge in [-0.15, -0.1) is 0 Å². The Morgan fingerprint density at radius 2 is 0.638 bits per heavy atom. The van der Waals surface area contributed by atoms with E-state index in [-0.39, 0.29) is 36.3 Å². The third-order valence-electron chi connectivity index (χ3n) is 7.55. The van der Waals surface area contributed by atoms with Crippen molar-refractivity contribution in [1.82, 2.24) is 0 Å². The second-order valence-corrected chi connectivity index (χ2v) is 14.6. The summed E-state index contributed by atoms with van der Waals surface area (Å²) in [5.74, 6) is 0. The number of hydrogen-bond acceptors (Lipinski definition) is 10. The van der Waals surface area contributed by atoms with Crippen LogP contribution in [0.5, 0.6) is 0 Å². The minimum absolute atomic E-state index is 0. The van der Waals surface area contributed by atoms with E-state index in [9.17, 15) is 25.9 Å². The molecule has 13 heteroatoms. The van der Waals surface area contributed by atoms with E-state index in [1.807, 2.05) is 0 Å². The summed E-state index contributed by atoms with van der Waals surface area (Å²) in [6.45, 7) is 8.97. The molecular formula is C34H70MgO10S2. The molecule has 0 saturated carbocycles. The average molecular weight is 727 g/mol. The first-order valence-electron chi connectivity index (χ1n) is 18.3. The Balaban J connectivity index is -0.000000807. The van der Waals surface area contributed by atoms with Crippen LogP contribution in [0.3, 0.4) is 0 Å². The number of ether oxygens (including phenoxy) is 2. The number of unbranched alkanes of at least 4 members (excludes halogenated alkanes) is 22. The Morgan fingerprint density at radius 3 is 0.851 bits per heavy atom. The zero-order chi connectivity index (χ0) is 34.8. The summed E-state index contributed by atoms with van der Waals surface area (Å²) in [6.07, 6.45) is 29.5. The zero-order valence-corrected chi connectivity index (χ0v) is 33.6. The van der Waals surface area contributed by atoms with Crippen LogP contribution in [0.25, 0.3) is 0 Å². The van der Waals surface area contributed by atoms with Crippen LogP contribution in [-0.4, -0.2) is 87.6 Å². The van der Waals surface area contributed by atoms with Crippen molar-refractivity contribution in [2.75, 3.05) is 26.4 Å². The Morgan fingerprint density at radius 1 is 0.426 bits per heavy atom. The van der Waals surface area contributed by atoms with E-state index < -0.39 is 33.0 Å². The van der Waals surface area contributed by atoms with Crippen molar-refractivity contribution >= 4 is 43.9 Å². The first kappa shape index (κ1) is 51.8. The molecule has 0 fully saturated rings. The topological polar surface area (TPSA) is 151 Å². The van der Waals surface area contributed by atoms with E-state index in [4.69, 9.17) is 9.47 Å². The molecule has 0 radical (unpaired) electrons. The molecule has 0 saturated heterocycles. The van der Waals surface area contributed by atoms with Gasteiger partial charge in [-0.25, -0.2) is 16.8 Å². The molecular weight excluding hydrogens is 657 g/mol. The van der Waals surface area contributed by atoms with Crippen molar-refractivity contribution in [1.29, 1.82) is 0 Å². The molecule has 2 atom stereocenters. The van der Waals surface area contributed by atoms with Crippen molar-refractivity contribution in [3.8, 4) is 0 Å². The van der Waals surface area contributed by atoms with Gasteiger partial charge in [0.05, 0.1) is 25.4 Å². The van der Waals surface area contributed by atoms with Crippen LogP contribution in [0.4, 0.5) is 0 Å². The van der Waals surface area contributed by atoms with Crippen molar-refractivity contribution in [2.24, 2.45) is 0 Å². The van der Waals surface area contributed by atoms with E-state index in [2.05, 4.69) is 22.2 Å².